The predicted octanol–water partition coefficient (Wildman–Crippen LogP) is 6.95. The maximum atomic E-state index is 11.6. The Bertz CT molecular complexity index is 303. The lowest BCUT2D eigenvalue weighted by Gasteiger charge is -2.19. The van der Waals surface area contributed by atoms with Gasteiger partial charge in [0.1, 0.15) is 5.60 Å². The van der Waals surface area contributed by atoms with Gasteiger partial charge in [0.25, 0.3) is 0 Å². The molecule has 0 saturated carbocycles. The SMILES string of the molecule is CC(C)(C)OC(=O)CCCCCCCCCCCCCCCCCN.Cl. The molecular formula is C22H46ClNO2. The van der Waals surface area contributed by atoms with Crippen LogP contribution in [0.4, 0.5) is 0 Å². The normalized spacial score (nSPS) is 11.2. The van der Waals surface area contributed by atoms with E-state index in [1.165, 1.54) is 83.5 Å². The van der Waals surface area contributed by atoms with Crippen molar-refractivity contribution in [3.8, 4) is 0 Å². The fourth-order valence-electron chi connectivity index (χ4n) is 3.10. The highest BCUT2D eigenvalue weighted by Gasteiger charge is 2.15. The van der Waals surface area contributed by atoms with Crippen molar-refractivity contribution in [2.75, 3.05) is 6.54 Å². The van der Waals surface area contributed by atoms with Gasteiger partial charge in [-0.15, -0.1) is 12.4 Å². The first-order chi connectivity index (χ1) is 12.0. The molecule has 0 saturated heterocycles. The molecule has 4 heteroatoms. The van der Waals surface area contributed by atoms with E-state index < -0.39 is 0 Å². The van der Waals surface area contributed by atoms with Gasteiger partial charge in [-0.1, -0.05) is 83.5 Å². The third-order valence-electron chi connectivity index (χ3n) is 4.51. The molecule has 0 spiro atoms. The molecule has 0 amide bonds. The minimum absolute atomic E-state index is 0. The Labute approximate surface area is 169 Å². The lowest BCUT2D eigenvalue weighted by atomic mass is 10.0. The van der Waals surface area contributed by atoms with E-state index in [1.54, 1.807) is 0 Å². The Morgan fingerprint density at radius 2 is 0.962 bits per heavy atom. The molecule has 26 heavy (non-hydrogen) atoms. The summed E-state index contributed by atoms with van der Waals surface area (Å²) < 4.78 is 5.32. The maximum Gasteiger partial charge on any atom is 0.306 e. The fourth-order valence-corrected chi connectivity index (χ4v) is 3.10. The molecule has 0 aliphatic heterocycles. The first-order valence-electron chi connectivity index (χ1n) is 10.9. The van der Waals surface area contributed by atoms with Crippen molar-refractivity contribution in [2.45, 2.75) is 129 Å². The van der Waals surface area contributed by atoms with Crippen LogP contribution in [0.15, 0.2) is 0 Å². The van der Waals surface area contributed by atoms with Crippen molar-refractivity contribution in [1.82, 2.24) is 0 Å². The lowest BCUT2D eigenvalue weighted by Crippen LogP contribution is -2.23. The van der Waals surface area contributed by atoms with Gasteiger partial charge in [-0.05, 0) is 40.2 Å². The highest BCUT2D eigenvalue weighted by molar-refractivity contribution is 5.85. The van der Waals surface area contributed by atoms with Gasteiger partial charge in [-0.25, -0.2) is 0 Å². The summed E-state index contributed by atoms with van der Waals surface area (Å²) in [4.78, 5) is 11.6. The second-order valence-electron chi connectivity index (χ2n) is 8.43. The standard InChI is InChI=1S/C22H45NO2.ClH/c1-22(2,3)25-21(24)19-17-15-13-11-9-7-5-4-6-8-10-12-14-16-18-20-23;/h4-20,23H2,1-3H3;1H. The number of carbonyl (C=O) groups excluding carboxylic acids is 1. The third kappa shape index (κ3) is 23.7. The van der Waals surface area contributed by atoms with E-state index in [0.29, 0.717) is 6.42 Å². The number of hydrogen-bond donors (Lipinski definition) is 1. The average Bonchev–Trinajstić information content (AvgIpc) is 2.53. The van der Waals surface area contributed by atoms with Crippen LogP contribution in [0.3, 0.4) is 0 Å². The smallest absolute Gasteiger partial charge is 0.306 e. The van der Waals surface area contributed by atoms with Gasteiger partial charge in [-0.2, -0.15) is 0 Å². The molecule has 0 unspecified atom stereocenters. The van der Waals surface area contributed by atoms with Crippen LogP contribution in [-0.4, -0.2) is 18.1 Å². The minimum atomic E-state index is -0.346. The van der Waals surface area contributed by atoms with Crippen LogP contribution in [0.5, 0.6) is 0 Å². The highest BCUT2D eigenvalue weighted by atomic mass is 35.5. The summed E-state index contributed by atoms with van der Waals surface area (Å²) in [5.41, 5.74) is 5.15. The lowest BCUT2D eigenvalue weighted by molar-refractivity contribution is -0.154. The molecule has 158 valence electrons. The first kappa shape index (κ1) is 27.9. The van der Waals surface area contributed by atoms with E-state index in [-0.39, 0.29) is 24.0 Å². The van der Waals surface area contributed by atoms with Gasteiger partial charge in [0.2, 0.25) is 0 Å². The Kier molecular flexibility index (Phi) is 20.9. The minimum Gasteiger partial charge on any atom is -0.460 e. The van der Waals surface area contributed by atoms with Crippen LogP contribution in [0.2, 0.25) is 0 Å². The van der Waals surface area contributed by atoms with Gasteiger partial charge < -0.3 is 10.5 Å². The van der Waals surface area contributed by atoms with Crippen LogP contribution in [0.25, 0.3) is 0 Å². The topological polar surface area (TPSA) is 52.3 Å². The fraction of sp³-hybridized carbons (Fsp3) is 0.955. The molecule has 0 radical (unpaired) electrons. The van der Waals surface area contributed by atoms with Crippen molar-refractivity contribution in [3.63, 3.8) is 0 Å². The number of rotatable bonds is 17. The highest BCUT2D eigenvalue weighted by Crippen LogP contribution is 2.14. The van der Waals surface area contributed by atoms with Crippen LogP contribution >= 0.6 is 12.4 Å². The van der Waals surface area contributed by atoms with Crippen LogP contribution < -0.4 is 5.73 Å². The Balaban J connectivity index is 0. The molecule has 2 N–H and O–H groups in total. The zero-order chi connectivity index (χ0) is 18.8. The molecule has 0 aliphatic carbocycles. The summed E-state index contributed by atoms with van der Waals surface area (Å²) in [5, 5.41) is 0. The van der Waals surface area contributed by atoms with Crippen molar-refractivity contribution in [1.29, 1.82) is 0 Å². The van der Waals surface area contributed by atoms with Crippen molar-refractivity contribution in [2.24, 2.45) is 5.73 Å². The monoisotopic (exact) mass is 391 g/mol. The van der Waals surface area contributed by atoms with E-state index in [9.17, 15) is 4.79 Å². The summed E-state index contributed by atoms with van der Waals surface area (Å²) in [6.45, 7) is 6.63. The second kappa shape index (κ2) is 19.5. The van der Waals surface area contributed by atoms with Gasteiger partial charge in [0.15, 0.2) is 0 Å². The summed E-state index contributed by atoms with van der Waals surface area (Å²) in [6.07, 6.45) is 20.3. The summed E-state index contributed by atoms with van der Waals surface area (Å²) in [7, 11) is 0. The van der Waals surface area contributed by atoms with Crippen LogP contribution in [0, 0.1) is 0 Å². The second-order valence-corrected chi connectivity index (χ2v) is 8.43. The van der Waals surface area contributed by atoms with E-state index in [1.807, 2.05) is 20.8 Å². The number of esters is 1. The summed E-state index contributed by atoms with van der Waals surface area (Å²) in [5.74, 6) is -0.0492. The number of nitrogens with two attached hydrogens (primary N) is 1. The van der Waals surface area contributed by atoms with Crippen molar-refractivity contribution < 1.29 is 9.53 Å². The molecule has 0 atom stereocenters. The predicted molar refractivity (Wildman–Crippen MR) is 116 cm³/mol. The summed E-state index contributed by atoms with van der Waals surface area (Å²) >= 11 is 0. The van der Waals surface area contributed by atoms with E-state index in [4.69, 9.17) is 10.5 Å². The number of hydrogen-bond acceptors (Lipinski definition) is 3. The number of unbranched alkanes of at least 4 members (excludes halogenated alkanes) is 14. The molecule has 0 aromatic carbocycles. The van der Waals surface area contributed by atoms with Gasteiger partial charge in [0.05, 0.1) is 0 Å². The number of carbonyl (C=O) groups is 1. The largest absolute Gasteiger partial charge is 0.460 e. The van der Waals surface area contributed by atoms with E-state index in [0.717, 1.165) is 19.4 Å². The maximum absolute atomic E-state index is 11.6. The molecule has 3 nitrogen and oxygen atoms in total. The molecule has 0 aromatic rings. The van der Waals surface area contributed by atoms with Gasteiger partial charge in [-0.3, -0.25) is 4.79 Å². The Morgan fingerprint density at radius 1 is 0.654 bits per heavy atom. The third-order valence-corrected chi connectivity index (χ3v) is 4.51. The van der Waals surface area contributed by atoms with E-state index >= 15 is 0 Å². The van der Waals surface area contributed by atoms with Crippen molar-refractivity contribution >= 4 is 18.4 Å². The van der Waals surface area contributed by atoms with Crippen LogP contribution in [0.1, 0.15) is 124 Å². The molecule has 0 aromatic heterocycles. The van der Waals surface area contributed by atoms with E-state index in [2.05, 4.69) is 0 Å². The van der Waals surface area contributed by atoms with Crippen molar-refractivity contribution in [3.05, 3.63) is 0 Å². The first-order valence-corrected chi connectivity index (χ1v) is 10.9. The van der Waals surface area contributed by atoms with Gasteiger partial charge in [0, 0.05) is 6.42 Å². The molecule has 0 fully saturated rings. The molecule has 0 bridgehead atoms. The molecule has 0 aliphatic rings. The molecular weight excluding hydrogens is 346 g/mol. The molecule has 0 heterocycles. The van der Waals surface area contributed by atoms with Crippen LogP contribution in [-0.2, 0) is 9.53 Å². The zero-order valence-corrected chi connectivity index (χ0v) is 18.6. The average molecular weight is 392 g/mol. The van der Waals surface area contributed by atoms with Gasteiger partial charge >= 0.3 is 5.97 Å². The zero-order valence-electron chi connectivity index (χ0n) is 17.8. The molecule has 0 rings (SSSR count). The quantitative estimate of drug-likeness (QED) is 0.215. The number of ether oxygens (including phenoxy) is 1. The Morgan fingerprint density at radius 3 is 1.27 bits per heavy atom. The summed E-state index contributed by atoms with van der Waals surface area (Å²) in [6, 6.07) is 0. The number of halogens is 1. The Hall–Kier alpha value is -0.280.